The Morgan fingerprint density at radius 1 is 1.12 bits per heavy atom. The minimum absolute atomic E-state index is 0.124. The van der Waals surface area contributed by atoms with Crippen LogP contribution in [0.1, 0.15) is 17.0 Å². The van der Waals surface area contributed by atoms with Crippen molar-refractivity contribution < 1.29 is 18.7 Å². The van der Waals surface area contributed by atoms with Crippen LogP contribution in [0.5, 0.6) is 11.5 Å². The second-order valence-electron chi connectivity index (χ2n) is 6.03. The van der Waals surface area contributed by atoms with E-state index in [4.69, 9.17) is 13.9 Å². The van der Waals surface area contributed by atoms with Crippen molar-refractivity contribution in [3.63, 3.8) is 0 Å². The summed E-state index contributed by atoms with van der Waals surface area (Å²) in [5.41, 5.74) is 2.56. The van der Waals surface area contributed by atoms with Crippen molar-refractivity contribution in [2.75, 3.05) is 6.79 Å². The highest BCUT2D eigenvalue weighted by Crippen LogP contribution is 2.32. The van der Waals surface area contributed by atoms with E-state index in [1.54, 1.807) is 0 Å². The fraction of sp³-hybridized carbons (Fsp3) is 0.200. The van der Waals surface area contributed by atoms with Crippen LogP contribution >= 0.6 is 0 Å². The molecule has 3 aromatic rings. The summed E-state index contributed by atoms with van der Waals surface area (Å²) in [6, 6.07) is 15.2. The number of aryl methyl sites for hydroxylation is 1. The summed E-state index contributed by atoms with van der Waals surface area (Å²) in [5, 5.41) is 2.89. The standard InChI is InChI=1S/C20H18N2O4/c1-13-17(26-20(22-13)15-5-3-2-4-6-15)10-19(23)21-11-14-7-8-16-18(9-14)25-12-24-16/h2-9H,10-12H2,1H3,(H,21,23). The molecule has 0 radical (unpaired) electrons. The molecular weight excluding hydrogens is 332 g/mol. The summed E-state index contributed by atoms with van der Waals surface area (Å²) in [7, 11) is 0. The molecule has 6 heteroatoms. The zero-order chi connectivity index (χ0) is 17.9. The van der Waals surface area contributed by atoms with E-state index in [1.807, 2.05) is 55.5 Å². The third-order valence-electron chi connectivity index (χ3n) is 4.16. The highest BCUT2D eigenvalue weighted by atomic mass is 16.7. The van der Waals surface area contributed by atoms with Crippen LogP contribution in [0, 0.1) is 6.92 Å². The molecule has 0 atom stereocenters. The number of oxazole rings is 1. The van der Waals surface area contributed by atoms with Crippen molar-refractivity contribution in [2.24, 2.45) is 0 Å². The van der Waals surface area contributed by atoms with Crippen LogP contribution < -0.4 is 14.8 Å². The number of carbonyl (C=O) groups excluding carboxylic acids is 1. The topological polar surface area (TPSA) is 73.6 Å². The van der Waals surface area contributed by atoms with E-state index in [9.17, 15) is 4.79 Å². The fourth-order valence-electron chi connectivity index (χ4n) is 2.76. The largest absolute Gasteiger partial charge is 0.454 e. The Hall–Kier alpha value is -3.28. The molecule has 26 heavy (non-hydrogen) atoms. The van der Waals surface area contributed by atoms with Crippen molar-refractivity contribution in [2.45, 2.75) is 19.9 Å². The molecule has 2 heterocycles. The Bertz CT molecular complexity index is 934. The number of amides is 1. The number of nitrogens with one attached hydrogen (secondary N) is 1. The quantitative estimate of drug-likeness (QED) is 0.765. The van der Waals surface area contributed by atoms with Crippen LogP contribution in [-0.4, -0.2) is 17.7 Å². The van der Waals surface area contributed by atoms with Gasteiger partial charge in [-0.05, 0) is 36.8 Å². The Morgan fingerprint density at radius 2 is 1.92 bits per heavy atom. The van der Waals surface area contributed by atoms with Gasteiger partial charge in [-0.3, -0.25) is 4.79 Å². The Balaban J connectivity index is 1.38. The number of nitrogens with zero attached hydrogens (tertiary/aromatic N) is 1. The van der Waals surface area contributed by atoms with Crippen LogP contribution in [-0.2, 0) is 17.8 Å². The Kier molecular flexibility index (Phi) is 4.31. The lowest BCUT2D eigenvalue weighted by Gasteiger charge is -2.05. The maximum Gasteiger partial charge on any atom is 0.231 e. The molecule has 1 aliphatic heterocycles. The summed E-state index contributed by atoms with van der Waals surface area (Å²) in [6.07, 6.45) is 0.149. The summed E-state index contributed by atoms with van der Waals surface area (Å²) in [4.78, 5) is 16.7. The smallest absolute Gasteiger partial charge is 0.231 e. The molecule has 1 aromatic heterocycles. The number of hydrogen-bond donors (Lipinski definition) is 1. The van der Waals surface area contributed by atoms with Crippen molar-refractivity contribution in [3.8, 4) is 23.0 Å². The molecule has 1 amide bonds. The van der Waals surface area contributed by atoms with Gasteiger partial charge in [0.1, 0.15) is 5.76 Å². The van der Waals surface area contributed by atoms with Crippen LogP contribution in [0.25, 0.3) is 11.5 Å². The molecule has 2 aromatic carbocycles. The van der Waals surface area contributed by atoms with Gasteiger partial charge in [0.2, 0.25) is 18.6 Å². The highest BCUT2D eigenvalue weighted by molar-refractivity contribution is 5.78. The lowest BCUT2D eigenvalue weighted by molar-refractivity contribution is -0.120. The van der Waals surface area contributed by atoms with E-state index in [2.05, 4.69) is 10.3 Å². The average Bonchev–Trinajstić information content (AvgIpc) is 3.27. The van der Waals surface area contributed by atoms with Gasteiger partial charge in [-0.1, -0.05) is 24.3 Å². The third kappa shape index (κ3) is 3.39. The molecule has 0 bridgehead atoms. The molecular formula is C20H18N2O4. The second kappa shape index (κ2) is 6.92. The van der Waals surface area contributed by atoms with Crippen LogP contribution in [0.4, 0.5) is 0 Å². The van der Waals surface area contributed by atoms with Crippen molar-refractivity contribution in [3.05, 3.63) is 65.5 Å². The zero-order valence-electron chi connectivity index (χ0n) is 14.3. The molecule has 0 saturated carbocycles. The second-order valence-corrected chi connectivity index (χ2v) is 6.03. The Morgan fingerprint density at radius 3 is 2.77 bits per heavy atom. The zero-order valence-corrected chi connectivity index (χ0v) is 14.3. The van der Waals surface area contributed by atoms with Gasteiger partial charge < -0.3 is 19.2 Å². The molecule has 0 unspecified atom stereocenters. The van der Waals surface area contributed by atoms with Gasteiger partial charge in [-0.2, -0.15) is 0 Å². The van der Waals surface area contributed by atoms with Gasteiger partial charge in [0.05, 0.1) is 12.1 Å². The molecule has 0 fully saturated rings. The van der Waals surface area contributed by atoms with Crippen LogP contribution in [0.3, 0.4) is 0 Å². The van der Waals surface area contributed by atoms with Gasteiger partial charge in [-0.15, -0.1) is 0 Å². The molecule has 1 N–H and O–H groups in total. The number of aromatic nitrogens is 1. The molecule has 0 saturated heterocycles. The number of rotatable bonds is 5. The van der Waals surface area contributed by atoms with E-state index in [-0.39, 0.29) is 19.1 Å². The number of fused-ring (bicyclic) bond motifs is 1. The number of carbonyl (C=O) groups is 1. The summed E-state index contributed by atoms with van der Waals surface area (Å²) >= 11 is 0. The van der Waals surface area contributed by atoms with Gasteiger partial charge in [0.25, 0.3) is 0 Å². The van der Waals surface area contributed by atoms with Crippen LogP contribution in [0.15, 0.2) is 52.9 Å². The normalized spacial score (nSPS) is 12.2. The lowest BCUT2D eigenvalue weighted by Crippen LogP contribution is -2.24. The molecule has 132 valence electrons. The Labute approximate surface area is 150 Å². The van der Waals surface area contributed by atoms with Crippen molar-refractivity contribution in [1.29, 1.82) is 0 Å². The number of benzene rings is 2. The predicted molar refractivity (Wildman–Crippen MR) is 94.8 cm³/mol. The number of ether oxygens (including phenoxy) is 2. The molecule has 6 nitrogen and oxygen atoms in total. The van der Waals surface area contributed by atoms with Gasteiger partial charge in [-0.25, -0.2) is 4.98 Å². The average molecular weight is 350 g/mol. The first kappa shape index (κ1) is 16.2. The first-order chi connectivity index (χ1) is 12.7. The highest BCUT2D eigenvalue weighted by Gasteiger charge is 2.16. The fourth-order valence-corrected chi connectivity index (χ4v) is 2.76. The van der Waals surface area contributed by atoms with Gasteiger partial charge in [0, 0.05) is 12.1 Å². The first-order valence-corrected chi connectivity index (χ1v) is 8.36. The third-order valence-corrected chi connectivity index (χ3v) is 4.16. The van der Waals surface area contributed by atoms with E-state index < -0.39 is 0 Å². The summed E-state index contributed by atoms with van der Waals surface area (Å²) < 4.78 is 16.4. The molecule has 0 aliphatic carbocycles. The minimum Gasteiger partial charge on any atom is -0.454 e. The van der Waals surface area contributed by atoms with E-state index >= 15 is 0 Å². The van der Waals surface area contributed by atoms with E-state index in [0.717, 1.165) is 22.6 Å². The van der Waals surface area contributed by atoms with Crippen molar-refractivity contribution >= 4 is 5.91 Å². The molecule has 4 rings (SSSR count). The monoisotopic (exact) mass is 350 g/mol. The first-order valence-electron chi connectivity index (χ1n) is 8.36. The summed E-state index contributed by atoms with van der Waals surface area (Å²) in [5.74, 6) is 2.41. The molecule has 1 aliphatic rings. The summed E-state index contributed by atoms with van der Waals surface area (Å²) in [6.45, 7) is 2.49. The van der Waals surface area contributed by atoms with Gasteiger partial charge >= 0.3 is 0 Å². The van der Waals surface area contributed by atoms with Crippen molar-refractivity contribution in [1.82, 2.24) is 10.3 Å². The lowest BCUT2D eigenvalue weighted by atomic mass is 10.2. The maximum atomic E-state index is 12.3. The number of hydrogen-bond acceptors (Lipinski definition) is 5. The van der Waals surface area contributed by atoms with E-state index in [0.29, 0.717) is 23.9 Å². The van der Waals surface area contributed by atoms with Crippen LogP contribution in [0.2, 0.25) is 0 Å². The molecule has 0 spiro atoms. The minimum atomic E-state index is -0.124. The SMILES string of the molecule is Cc1nc(-c2ccccc2)oc1CC(=O)NCc1ccc2c(c1)OCO2. The van der Waals surface area contributed by atoms with Gasteiger partial charge in [0.15, 0.2) is 11.5 Å². The van der Waals surface area contributed by atoms with E-state index in [1.165, 1.54) is 0 Å². The predicted octanol–water partition coefficient (Wildman–Crippen LogP) is 3.24. The maximum absolute atomic E-state index is 12.3.